The number of aromatic hydroxyl groups is 1. The van der Waals surface area contributed by atoms with E-state index in [1.807, 2.05) is 30.3 Å². The number of ether oxygens (including phenoxy) is 1. The molecule has 22 heavy (non-hydrogen) atoms. The summed E-state index contributed by atoms with van der Waals surface area (Å²) in [6, 6.07) is 11.2. The summed E-state index contributed by atoms with van der Waals surface area (Å²) < 4.78 is 5.37. The molecule has 0 bridgehead atoms. The first-order valence-corrected chi connectivity index (χ1v) is 8.01. The van der Waals surface area contributed by atoms with E-state index >= 15 is 0 Å². The van der Waals surface area contributed by atoms with Crippen LogP contribution < -0.4 is 5.48 Å². The van der Waals surface area contributed by atoms with E-state index in [1.165, 1.54) is 11.3 Å². The van der Waals surface area contributed by atoms with E-state index in [9.17, 15) is 9.90 Å². The molecular formula is C16H17NO4S. The molecule has 1 fully saturated rings. The van der Waals surface area contributed by atoms with E-state index in [0.29, 0.717) is 6.61 Å². The van der Waals surface area contributed by atoms with Crippen LogP contribution in [0.2, 0.25) is 0 Å². The van der Waals surface area contributed by atoms with Crippen molar-refractivity contribution < 1.29 is 19.5 Å². The number of benzene rings is 1. The van der Waals surface area contributed by atoms with Gasteiger partial charge in [0.15, 0.2) is 6.29 Å². The Morgan fingerprint density at radius 2 is 2.14 bits per heavy atom. The molecule has 1 aromatic heterocycles. The Hall–Kier alpha value is -1.89. The van der Waals surface area contributed by atoms with Crippen molar-refractivity contribution in [1.29, 1.82) is 0 Å². The first-order valence-electron chi connectivity index (χ1n) is 7.20. The molecule has 1 aromatic carbocycles. The van der Waals surface area contributed by atoms with E-state index in [0.717, 1.165) is 29.7 Å². The first-order chi connectivity index (χ1) is 10.7. The summed E-state index contributed by atoms with van der Waals surface area (Å²) in [7, 11) is 0. The molecule has 116 valence electrons. The largest absolute Gasteiger partial charge is 0.506 e. The van der Waals surface area contributed by atoms with Gasteiger partial charge in [-0.05, 0) is 24.5 Å². The minimum atomic E-state index is -0.459. The van der Waals surface area contributed by atoms with Crippen LogP contribution in [-0.4, -0.2) is 23.9 Å². The molecule has 0 spiro atoms. The first kappa shape index (κ1) is 15.0. The Bertz CT molecular complexity index is 635. The molecule has 1 aliphatic heterocycles. The van der Waals surface area contributed by atoms with Gasteiger partial charge in [-0.2, -0.15) is 0 Å². The Morgan fingerprint density at radius 3 is 2.86 bits per heavy atom. The van der Waals surface area contributed by atoms with E-state index < -0.39 is 12.2 Å². The third kappa shape index (κ3) is 3.47. The van der Waals surface area contributed by atoms with Gasteiger partial charge < -0.3 is 9.84 Å². The number of hydrogen-bond acceptors (Lipinski definition) is 5. The van der Waals surface area contributed by atoms with Crippen molar-refractivity contribution in [2.75, 3.05) is 6.61 Å². The lowest BCUT2D eigenvalue weighted by Gasteiger charge is -2.21. The highest BCUT2D eigenvalue weighted by Gasteiger charge is 2.20. The maximum absolute atomic E-state index is 12.1. The predicted molar refractivity (Wildman–Crippen MR) is 83.6 cm³/mol. The van der Waals surface area contributed by atoms with Crippen LogP contribution in [0, 0.1) is 0 Å². The molecule has 1 saturated heterocycles. The quantitative estimate of drug-likeness (QED) is 0.849. The van der Waals surface area contributed by atoms with Crippen LogP contribution >= 0.6 is 11.3 Å². The second-order valence-electron chi connectivity index (χ2n) is 5.04. The summed E-state index contributed by atoms with van der Waals surface area (Å²) in [5, 5.41) is 9.96. The number of hydrogen-bond donors (Lipinski definition) is 2. The van der Waals surface area contributed by atoms with Crippen molar-refractivity contribution in [1.82, 2.24) is 5.48 Å². The minimum Gasteiger partial charge on any atom is -0.506 e. The van der Waals surface area contributed by atoms with E-state index in [4.69, 9.17) is 9.57 Å². The monoisotopic (exact) mass is 319 g/mol. The normalized spacial score (nSPS) is 18.1. The van der Waals surface area contributed by atoms with Gasteiger partial charge in [0, 0.05) is 17.9 Å². The zero-order valence-corrected chi connectivity index (χ0v) is 12.8. The second-order valence-corrected chi connectivity index (χ2v) is 6.09. The molecule has 2 heterocycles. The summed E-state index contributed by atoms with van der Waals surface area (Å²) in [6.45, 7) is 0.642. The Morgan fingerprint density at radius 1 is 1.32 bits per heavy atom. The average molecular weight is 319 g/mol. The molecule has 2 aromatic rings. The zero-order chi connectivity index (χ0) is 15.4. The van der Waals surface area contributed by atoms with Gasteiger partial charge >= 0.3 is 0 Å². The SMILES string of the molecule is O=C(NOC1CCCCO1)c1sc(-c2ccccc2)cc1O. The second kappa shape index (κ2) is 6.91. The number of hydroxylamine groups is 1. The highest BCUT2D eigenvalue weighted by Crippen LogP contribution is 2.35. The van der Waals surface area contributed by atoms with Gasteiger partial charge in [-0.15, -0.1) is 11.3 Å². The summed E-state index contributed by atoms with van der Waals surface area (Å²) in [5.41, 5.74) is 3.32. The molecule has 5 nitrogen and oxygen atoms in total. The maximum atomic E-state index is 12.1. The molecule has 0 aliphatic carbocycles. The maximum Gasteiger partial charge on any atom is 0.288 e. The van der Waals surface area contributed by atoms with Gasteiger partial charge in [-0.3, -0.25) is 4.79 Å². The van der Waals surface area contributed by atoms with Gasteiger partial charge in [0.2, 0.25) is 0 Å². The highest BCUT2D eigenvalue weighted by molar-refractivity contribution is 7.17. The third-order valence-corrected chi connectivity index (χ3v) is 4.57. The van der Waals surface area contributed by atoms with Crippen LogP contribution in [-0.2, 0) is 9.57 Å². The number of rotatable bonds is 4. The molecule has 2 N–H and O–H groups in total. The highest BCUT2D eigenvalue weighted by atomic mass is 32.1. The lowest BCUT2D eigenvalue weighted by molar-refractivity contribution is -0.186. The molecule has 0 saturated carbocycles. The number of amides is 1. The standard InChI is InChI=1S/C16H17NO4S/c18-12-10-13(11-6-2-1-3-7-11)22-15(12)16(19)17-21-14-8-4-5-9-20-14/h1-3,6-7,10,14,18H,4-5,8-9H2,(H,17,19). The number of thiophene rings is 1. The smallest absolute Gasteiger partial charge is 0.288 e. The molecule has 1 amide bonds. The summed E-state index contributed by atoms with van der Waals surface area (Å²) >= 11 is 1.22. The summed E-state index contributed by atoms with van der Waals surface area (Å²) in [4.78, 5) is 18.4. The topological polar surface area (TPSA) is 67.8 Å². The molecule has 3 rings (SSSR count). The summed E-state index contributed by atoms with van der Waals surface area (Å²) in [5.74, 6) is -0.506. The van der Waals surface area contributed by atoms with Crippen LogP contribution in [0.1, 0.15) is 28.9 Å². The van der Waals surface area contributed by atoms with Gasteiger partial charge in [0.1, 0.15) is 10.6 Å². The zero-order valence-electron chi connectivity index (χ0n) is 12.0. The van der Waals surface area contributed by atoms with Crippen molar-refractivity contribution in [3.8, 4) is 16.2 Å². The molecule has 1 aliphatic rings. The number of nitrogens with one attached hydrogen (secondary N) is 1. The number of carbonyl (C=O) groups is 1. The van der Waals surface area contributed by atoms with Crippen LogP contribution in [0.5, 0.6) is 5.75 Å². The van der Waals surface area contributed by atoms with Gasteiger partial charge in [0.25, 0.3) is 5.91 Å². The molecule has 0 radical (unpaired) electrons. The average Bonchev–Trinajstić information content (AvgIpc) is 2.96. The van der Waals surface area contributed by atoms with Gasteiger partial charge in [-0.1, -0.05) is 30.3 Å². The summed E-state index contributed by atoms with van der Waals surface area (Å²) in [6.07, 6.45) is 2.38. The fourth-order valence-electron chi connectivity index (χ4n) is 2.26. The van der Waals surface area contributed by atoms with Crippen molar-refractivity contribution in [3.63, 3.8) is 0 Å². The fraction of sp³-hybridized carbons (Fsp3) is 0.312. The van der Waals surface area contributed by atoms with Crippen molar-refractivity contribution >= 4 is 17.2 Å². The van der Waals surface area contributed by atoms with E-state index in [2.05, 4.69) is 5.48 Å². The van der Waals surface area contributed by atoms with E-state index in [-0.39, 0.29) is 10.6 Å². The molecule has 1 atom stereocenters. The van der Waals surface area contributed by atoms with Crippen LogP contribution in [0.3, 0.4) is 0 Å². The van der Waals surface area contributed by atoms with Gasteiger partial charge in [0.05, 0.1) is 0 Å². The van der Waals surface area contributed by atoms with Crippen LogP contribution in [0.15, 0.2) is 36.4 Å². The van der Waals surface area contributed by atoms with Crippen LogP contribution in [0.4, 0.5) is 0 Å². The van der Waals surface area contributed by atoms with Gasteiger partial charge in [-0.25, -0.2) is 10.3 Å². The minimum absolute atomic E-state index is 0.0467. The Kier molecular flexibility index (Phi) is 4.72. The fourth-order valence-corrected chi connectivity index (χ4v) is 3.20. The van der Waals surface area contributed by atoms with Crippen molar-refractivity contribution in [2.24, 2.45) is 0 Å². The Balaban J connectivity index is 1.66. The molecule has 1 unspecified atom stereocenters. The lowest BCUT2D eigenvalue weighted by Crippen LogP contribution is -2.32. The van der Waals surface area contributed by atoms with Crippen molar-refractivity contribution in [3.05, 3.63) is 41.3 Å². The lowest BCUT2D eigenvalue weighted by atomic mass is 10.2. The Labute approximate surface area is 132 Å². The molecule has 6 heteroatoms. The predicted octanol–water partition coefficient (Wildman–Crippen LogP) is 3.31. The molecular weight excluding hydrogens is 302 g/mol. The van der Waals surface area contributed by atoms with E-state index in [1.54, 1.807) is 6.07 Å². The number of carbonyl (C=O) groups excluding carboxylic acids is 1. The van der Waals surface area contributed by atoms with Crippen LogP contribution in [0.25, 0.3) is 10.4 Å². The third-order valence-electron chi connectivity index (χ3n) is 3.40. The van der Waals surface area contributed by atoms with Crippen molar-refractivity contribution in [2.45, 2.75) is 25.6 Å².